The third kappa shape index (κ3) is 2.73. The molecule has 2 N–H and O–H groups in total. The maximum Gasteiger partial charge on any atom is 0.161 e. The van der Waals surface area contributed by atoms with Gasteiger partial charge in [-0.3, -0.25) is 4.68 Å². The minimum Gasteiger partial charge on any atom is -0.493 e. The van der Waals surface area contributed by atoms with Gasteiger partial charge >= 0.3 is 0 Å². The van der Waals surface area contributed by atoms with Crippen molar-refractivity contribution in [2.75, 3.05) is 7.11 Å². The van der Waals surface area contributed by atoms with Gasteiger partial charge in [-0.15, -0.1) is 0 Å². The summed E-state index contributed by atoms with van der Waals surface area (Å²) in [5.74, 6) is -1.16. The van der Waals surface area contributed by atoms with E-state index < -0.39 is 17.7 Å². The van der Waals surface area contributed by atoms with Gasteiger partial charge in [-0.05, 0) is 24.1 Å². The van der Waals surface area contributed by atoms with Crippen molar-refractivity contribution in [2.24, 2.45) is 12.8 Å². The molecule has 2 aromatic rings. The highest BCUT2D eigenvalue weighted by atomic mass is 19.2. The van der Waals surface area contributed by atoms with Crippen LogP contribution in [0.3, 0.4) is 0 Å². The lowest BCUT2D eigenvalue weighted by Gasteiger charge is -2.14. The van der Waals surface area contributed by atoms with E-state index in [1.165, 1.54) is 13.2 Å². The third-order valence-corrected chi connectivity index (χ3v) is 2.96. The molecule has 0 bridgehead atoms. The van der Waals surface area contributed by atoms with Gasteiger partial charge in [0, 0.05) is 7.05 Å². The second-order valence-corrected chi connectivity index (χ2v) is 4.28. The largest absolute Gasteiger partial charge is 0.493 e. The molecule has 0 amide bonds. The normalized spacial score (nSPS) is 12.5. The number of hydrogen-bond acceptors (Lipinski definition) is 3. The van der Waals surface area contributed by atoms with E-state index in [1.807, 2.05) is 0 Å². The molecule has 4 nitrogen and oxygen atoms in total. The monoisotopic (exact) mass is 267 g/mol. The van der Waals surface area contributed by atoms with E-state index in [2.05, 4.69) is 5.10 Å². The number of aromatic nitrogens is 2. The van der Waals surface area contributed by atoms with Gasteiger partial charge < -0.3 is 10.5 Å². The molecule has 1 aromatic heterocycles. The molecular weight excluding hydrogens is 252 g/mol. The van der Waals surface area contributed by atoms with Crippen LogP contribution in [0.5, 0.6) is 5.75 Å². The Bertz CT molecular complexity index is 583. The second-order valence-electron chi connectivity index (χ2n) is 4.28. The zero-order chi connectivity index (χ0) is 14.0. The van der Waals surface area contributed by atoms with E-state index in [0.717, 1.165) is 12.1 Å². The number of aryl methyl sites for hydroxylation is 1. The first-order valence-corrected chi connectivity index (χ1v) is 5.78. The fraction of sp³-hybridized carbons (Fsp3) is 0.308. The summed E-state index contributed by atoms with van der Waals surface area (Å²) in [6.07, 6.45) is 1.94. The summed E-state index contributed by atoms with van der Waals surface area (Å²) in [7, 11) is 3.29. The van der Waals surface area contributed by atoms with Gasteiger partial charge in [0.25, 0.3) is 0 Å². The predicted octanol–water partition coefficient (Wildman–Crippen LogP) is 1.95. The van der Waals surface area contributed by atoms with Gasteiger partial charge in [0.15, 0.2) is 17.4 Å². The molecule has 1 unspecified atom stereocenters. The summed E-state index contributed by atoms with van der Waals surface area (Å²) < 4.78 is 32.8. The Hall–Kier alpha value is -1.95. The third-order valence-electron chi connectivity index (χ3n) is 2.96. The van der Waals surface area contributed by atoms with Crippen molar-refractivity contribution in [3.63, 3.8) is 0 Å². The molecule has 1 aromatic carbocycles. The lowest BCUT2D eigenvalue weighted by Crippen LogP contribution is -2.18. The van der Waals surface area contributed by atoms with E-state index in [4.69, 9.17) is 10.5 Å². The van der Waals surface area contributed by atoms with Gasteiger partial charge in [0.05, 0.1) is 25.0 Å². The number of methoxy groups -OCH3 is 1. The lowest BCUT2D eigenvalue weighted by molar-refractivity contribution is 0.402. The van der Waals surface area contributed by atoms with E-state index in [-0.39, 0.29) is 0 Å². The van der Waals surface area contributed by atoms with Crippen molar-refractivity contribution in [1.29, 1.82) is 0 Å². The number of nitrogens with two attached hydrogens (primary N) is 1. The molecule has 1 heterocycles. The van der Waals surface area contributed by atoms with Crippen LogP contribution in [0.15, 0.2) is 24.4 Å². The Balaban J connectivity index is 2.22. The smallest absolute Gasteiger partial charge is 0.161 e. The van der Waals surface area contributed by atoms with Crippen LogP contribution in [-0.2, 0) is 13.5 Å². The van der Waals surface area contributed by atoms with Crippen LogP contribution in [0.2, 0.25) is 0 Å². The summed E-state index contributed by atoms with van der Waals surface area (Å²) in [6, 6.07) is 3.35. The first-order valence-electron chi connectivity index (χ1n) is 5.78. The molecule has 1 atom stereocenters. The van der Waals surface area contributed by atoms with E-state index >= 15 is 0 Å². The average Bonchev–Trinajstić information content (AvgIpc) is 2.75. The standard InChI is InChI=1S/C13H15F2N3O/c1-18-13(12(19-2)7-17-18)11(16)6-8-3-4-9(14)10(15)5-8/h3-5,7,11H,6,16H2,1-2H3. The Morgan fingerprint density at radius 1 is 1.37 bits per heavy atom. The Labute approximate surface area is 109 Å². The molecule has 6 heteroatoms. The highest BCUT2D eigenvalue weighted by Crippen LogP contribution is 2.25. The van der Waals surface area contributed by atoms with Crippen molar-refractivity contribution in [3.05, 3.63) is 47.3 Å². The SMILES string of the molecule is COc1cnn(C)c1C(N)Cc1ccc(F)c(F)c1. The van der Waals surface area contributed by atoms with Gasteiger partial charge in [-0.1, -0.05) is 6.07 Å². The predicted molar refractivity (Wildman–Crippen MR) is 66.8 cm³/mol. The van der Waals surface area contributed by atoms with Crippen LogP contribution in [0.25, 0.3) is 0 Å². The van der Waals surface area contributed by atoms with Crippen molar-refractivity contribution in [2.45, 2.75) is 12.5 Å². The van der Waals surface area contributed by atoms with E-state index in [0.29, 0.717) is 23.4 Å². The Morgan fingerprint density at radius 3 is 2.74 bits per heavy atom. The summed E-state index contributed by atoms with van der Waals surface area (Å²) >= 11 is 0. The Morgan fingerprint density at radius 2 is 2.11 bits per heavy atom. The number of ether oxygens (including phenoxy) is 1. The summed E-state index contributed by atoms with van der Waals surface area (Å²) in [5.41, 5.74) is 7.41. The molecule has 0 saturated heterocycles. The van der Waals surface area contributed by atoms with Gasteiger partial charge in [-0.2, -0.15) is 5.10 Å². The fourth-order valence-corrected chi connectivity index (χ4v) is 2.02. The quantitative estimate of drug-likeness (QED) is 0.921. The van der Waals surface area contributed by atoms with Crippen molar-refractivity contribution >= 4 is 0 Å². The number of halogens is 2. The molecule has 0 saturated carbocycles. The van der Waals surface area contributed by atoms with Crippen LogP contribution in [0.4, 0.5) is 8.78 Å². The molecule has 2 rings (SSSR count). The van der Waals surface area contributed by atoms with Crippen molar-refractivity contribution in [1.82, 2.24) is 9.78 Å². The zero-order valence-corrected chi connectivity index (χ0v) is 10.7. The Kier molecular flexibility index (Phi) is 3.80. The topological polar surface area (TPSA) is 53.1 Å². The fourth-order valence-electron chi connectivity index (χ4n) is 2.02. The summed E-state index contributed by atoms with van der Waals surface area (Å²) in [4.78, 5) is 0. The van der Waals surface area contributed by atoms with Crippen molar-refractivity contribution in [3.8, 4) is 5.75 Å². The number of rotatable bonds is 4. The molecule has 0 fully saturated rings. The summed E-state index contributed by atoms with van der Waals surface area (Å²) in [6.45, 7) is 0. The lowest BCUT2D eigenvalue weighted by atomic mass is 10.0. The van der Waals surface area contributed by atoms with Gasteiger partial charge in [0.2, 0.25) is 0 Å². The van der Waals surface area contributed by atoms with E-state index in [1.54, 1.807) is 17.9 Å². The molecule has 0 spiro atoms. The molecule has 0 radical (unpaired) electrons. The van der Waals surface area contributed by atoms with Crippen LogP contribution in [0.1, 0.15) is 17.3 Å². The molecule has 102 valence electrons. The van der Waals surface area contributed by atoms with Crippen LogP contribution in [-0.4, -0.2) is 16.9 Å². The maximum absolute atomic E-state index is 13.1. The molecule has 0 aliphatic rings. The number of hydrogen-bond donors (Lipinski definition) is 1. The van der Waals surface area contributed by atoms with Crippen LogP contribution >= 0.6 is 0 Å². The highest BCUT2D eigenvalue weighted by molar-refractivity contribution is 5.30. The zero-order valence-electron chi connectivity index (χ0n) is 10.7. The van der Waals surface area contributed by atoms with Gasteiger partial charge in [0.1, 0.15) is 0 Å². The summed E-state index contributed by atoms with van der Waals surface area (Å²) in [5, 5.41) is 4.06. The first kappa shape index (κ1) is 13.5. The second kappa shape index (κ2) is 5.36. The molecule has 0 aliphatic carbocycles. The minimum atomic E-state index is -0.873. The molecule has 0 aliphatic heterocycles. The van der Waals surface area contributed by atoms with Crippen LogP contribution in [0, 0.1) is 11.6 Å². The highest BCUT2D eigenvalue weighted by Gasteiger charge is 2.18. The maximum atomic E-state index is 13.1. The number of benzene rings is 1. The van der Waals surface area contributed by atoms with Crippen molar-refractivity contribution < 1.29 is 13.5 Å². The average molecular weight is 267 g/mol. The first-order chi connectivity index (χ1) is 9.02. The van der Waals surface area contributed by atoms with Crippen LogP contribution < -0.4 is 10.5 Å². The minimum absolute atomic E-state index is 0.368. The molecule has 19 heavy (non-hydrogen) atoms. The molecular formula is C13H15F2N3O. The van der Waals surface area contributed by atoms with E-state index in [9.17, 15) is 8.78 Å². The number of nitrogens with zero attached hydrogens (tertiary/aromatic N) is 2. The van der Waals surface area contributed by atoms with Gasteiger partial charge in [-0.25, -0.2) is 8.78 Å².